The molecule has 1 saturated heterocycles. The Morgan fingerprint density at radius 1 is 1.31 bits per heavy atom. The molecule has 1 aliphatic carbocycles. The van der Waals surface area contributed by atoms with Crippen LogP contribution in [-0.2, 0) is 16.1 Å². The van der Waals surface area contributed by atoms with E-state index in [9.17, 15) is 10.1 Å². The van der Waals surface area contributed by atoms with Gasteiger partial charge in [0.1, 0.15) is 0 Å². The minimum absolute atomic E-state index is 0.0306. The average molecular weight is 365 g/mol. The van der Waals surface area contributed by atoms with Crippen LogP contribution < -0.4 is 15.4 Å². The van der Waals surface area contributed by atoms with Crippen molar-refractivity contribution in [2.45, 2.75) is 57.6 Å². The van der Waals surface area contributed by atoms with Crippen LogP contribution in [0.15, 0.2) is 12.1 Å². The van der Waals surface area contributed by atoms with Gasteiger partial charge in [0.25, 0.3) is 0 Å². The van der Waals surface area contributed by atoms with Crippen molar-refractivity contribution in [2.75, 3.05) is 25.1 Å². The fourth-order valence-electron chi connectivity index (χ4n) is 3.60. The van der Waals surface area contributed by atoms with Crippen molar-refractivity contribution in [2.24, 2.45) is 5.73 Å². The van der Waals surface area contributed by atoms with Crippen LogP contribution in [0.25, 0.3) is 0 Å². The fraction of sp³-hybridized carbons (Fsp3) is 0.667. The highest BCUT2D eigenvalue weighted by Crippen LogP contribution is 2.40. The van der Waals surface area contributed by atoms with E-state index < -0.39 is 4.92 Å². The molecule has 26 heavy (non-hydrogen) atoms. The minimum Gasteiger partial charge on any atom is -0.489 e. The van der Waals surface area contributed by atoms with Gasteiger partial charge in [0.2, 0.25) is 5.75 Å². The van der Waals surface area contributed by atoms with Gasteiger partial charge in [0, 0.05) is 25.2 Å². The first kappa shape index (κ1) is 18.9. The number of hydrogen-bond donors (Lipinski definition) is 1. The van der Waals surface area contributed by atoms with Crippen molar-refractivity contribution in [1.82, 2.24) is 0 Å². The topological polar surface area (TPSA) is 100 Å². The van der Waals surface area contributed by atoms with Gasteiger partial charge in [-0.1, -0.05) is 0 Å². The van der Waals surface area contributed by atoms with Gasteiger partial charge in [-0.2, -0.15) is 0 Å². The summed E-state index contributed by atoms with van der Waals surface area (Å²) in [6.07, 6.45) is 2.00. The highest BCUT2D eigenvalue weighted by molar-refractivity contribution is 5.69. The Morgan fingerprint density at radius 3 is 2.50 bits per heavy atom. The lowest BCUT2D eigenvalue weighted by atomic mass is 9.90. The highest BCUT2D eigenvalue weighted by atomic mass is 16.6. The van der Waals surface area contributed by atoms with E-state index >= 15 is 0 Å². The summed E-state index contributed by atoms with van der Waals surface area (Å²) in [6.45, 7) is 5.58. The molecule has 0 bridgehead atoms. The number of benzene rings is 1. The molecule has 1 heterocycles. The highest BCUT2D eigenvalue weighted by Gasteiger charge is 2.31. The van der Waals surface area contributed by atoms with Crippen molar-refractivity contribution in [1.29, 1.82) is 0 Å². The minimum atomic E-state index is -0.409. The number of nitrogens with zero attached hydrogens (tertiary/aromatic N) is 2. The van der Waals surface area contributed by atoms with Gasteiger partial charge in [-0.25, -0.2) is 0 Å². The molecule has 0 spiro atoms. The van der Waals surface area contributed by atoms with Gasteiger partial charge < -0.3 is 24.8 Å². The summed E-state index contributed by atoms with van der Waals surface area (Å²) < 4.78 is 17.0. The summed E-state index contributed by atoms with van der Waals surface area (Å²) in [7, 11) is 1.46. The van der Waals surface area contributed by atoms with E-state index in [2.05, 4.69) is 4.90 Å². The van der Waals surface area contributed by atoms with E-state index in [4.69, 9.17) is 19.9 Å². The molecular weight excluding hydrogens is 338 g/mol. The monoisotopic (exact) mass is 365 g/mol. The lowest BCUT2D eigenvalue weighted by Gasteiger charge is -2.37. The zero-order valence-electron chi connectivity index (χ0n) is 15.5. The molecule has 1 aliphatic heterocycles. The molecule has 1 aromatic rings. The quantitative estimate of drug-likeness (QED) is 0.609. The smallest absolute Gasteiger partial charge is 0.313 e. The molecule has 1 aromatic carbocycles. The summed E-state index contributed by atoms with van der Waals surface area (Å²) in [5.41, 5.74) is 7.32. The van der Waals surface area contributed by atoms with E-state index in [1.165, 1.54) is 13.2 Å². The number of methoxy groups -OCH3 is 1. The van der Waals surface area contributed by atoms with Crippen molar-refractivity contribution >= 4 is 11.4 Å². The lowest BCUT2D eigenvalue weighted by Crippen LogP contribution is -2.46. The molecule has 0 unspecified atom stereocenters. The number of anilines is 1. The molecular formula is C18H27N3O5. The zero-order valence-corrected chi connectivity index (χ0v) is 15.5. The summed E-state index contributed by atoms with van der Waals surface area (Å²) >= 11 is 0. The van der Waals surface area contributed by atoms with Crippen LogP contribution in [0, 0.1) is 10.1 Å². The Kier molecular flexibility index (Phi) is 5.64. The second-order valence-electron chi connectivity index (χ2n) is 7.18. The van der Waals surface area contributed by atoms with Crippen LogP contribution in [0.4, 0.5) is 11.4 Å². The van der Waals surface area contributed by atoms with E-state index in [-0.39, 0.29) is 35.8 Å². The van der Waals surface area contributed by atoms with Crippen LogP contribution in [0.3, 0.4) is 0 Å². The number of morpholine rings is 1. The SMILES string of the molecule is COc1c(N2C[C@@H](C)O[C@@H](C)C2)cc(CO[C@@H]2CC[C@H]2N)cc1[N+](=O)[O-]. The number of ether oxygens (including phenoxy) is 3. The maximum absolute atomic E-state index is 11.6. The maximum Gasteiger partial charge on any atom is 0.313 e. The van der Waals surface area contributed by atoms with Crippen LogP contribution >= 0.6 is 0 Å². The molecule has 3 rings (SSSR count). The van der Waals surface area contributed by atoms with Gasteiger partial charge in [-0.05, 0) is 38.3 Å². The van der Waals surface area contributed by atoms with E-state index in [1.54, 1.807) is 0 Å². The van der Waals surface area contributed by atoms with E-state index in [1.807, 2.05) is 19.9 Å². The first-order valence-electron chi connectivity index (χ1n) is 9.02. The number of nitrogens with two attached hydrogens (primary N) is 1. The number of hydrogen-bond acceptors (Lipinski definition) is 7. The molecule has 8 nitrogen and oxygen atoms in total. The predicted octanol–water partition coefficient (Wildman–Crippen LogP) is 2.22. The molecule has 8 heteroatoms. The molecule has 144 valence electrons. The summed E-state index contributed by atoms with van der Waals surface area (Å²) in [5.74, 6) is 0.278. The van der Waals surface area contributed by atoms with Gasteiger partial charge in [0.15, 0.2) is 0 Å². The van der Waals surface area contributed by atoms with E-state index in [0.717, 1.165) is 18.4 Å². The molecule has 2 fully saturated rings. The normalized spacial score (nSPS) is 28.5. The second-order valence-corrected chi connectivity index (χ2v) is 7.18. The fourth-order valence-corrected chi connectivity index (χ4v) is 3.60. The Hall–Kier alpha value is -1.90. The van der Waals surface area contributed by atoms with E-state index in [0.29, 0.717) is 25.4 Å². The third kappa shape index (κ3) is 3.92. The molecule has 0 aromatic heterocycles. The first-order chi connectivity index (χ1) is 12.4. The number of nitro benzene ring substituents is 1. The lowest BCUT2D eigenvalue weighted by molar-refractivity contribution is -0.385. The Morgan fingerprint density at radius 2 is 2.00 bits per heavy atom. The van der Waals surface area contributed by atoms with Crippen LogP contribution in [0.5, 0.6) is 5.75 Å². The van der Waals surface area contributed by atoms with Crippen molar-refractivity contribution < 1.29 is 19.1 Å². The summed E-state index contributed by atoms with van der Waals surface area (Å²) in [4.78, 5) is 13.3. The Bertz CT molecular complexity index is 658. The second kappa shape index (κ2) is 7.77. The molecule has 2 aliphatic rings. The summed E-state index contributed by atoms with van der Waals surface area (Å²) in [6, 6.07) is 3.50. The van der Waals surface area contributed by atoms with Crippen LogP contribution in [0.1, 0.15) is 32.3 Å². The van der Waals surface area contributed by atoms with Gasteiger partial charge in [-0.15, -0.1) is 0 Å². The molecule has 2 N–H and O–H groups in total. The standard InChI is InChI=1S/C18H27N3O5/c1-11-8-20(9-12(2)26-11)15-6-13(10-25-17-5-4-14(17)19)7-16(21(22)23)18(15)24-3/h6-7,11-12,14,17H,4-5,8-10,19H2,1-3H3/t11-,12+,14-,17-/m1/s1. The maximum atomic E-state index is 11.6. The predicted molar refractivity (Wildman–Crippen MR) is 97.7 cm³/mol. The largest absolute Gasteiger partial charge is 0.489 e. The van der Waals surface area contributed by atoms with Crippen molar-refractivity contribution in [3.05, 3.63) is 27.8 Å². The molecule has 0 amide bonds. The first-order valence-corrected chi connectivity index (χ1v) is 9.02. The number of rotatable bonds is 6. The van der Waals surface area contributed by atoms with Gasteiger partial charge in [-0.3, -0.25) is 10.1 Å². The number of nitro groups is 1. The molecule has 1 saturated carbocycles. The summed E-state index contributed by atoms with van der Waals surface area (Å²) in [5, 5.41) is 11.6. The average Bonchev–Trinajstić information content (AvgIpc) is 2.58. The third-order valence-electron chi connectivity index (χ3n) is 5.00. The molecule has 0 radical (unpaired) electrons. The molecule has 4 atom stereocenters. The van der Waals surface area contributed by atoms with Gasteiger partial charge >= 0.3 is 5.69 Å². The van der Waals surface area contributed by atoms with Crippen LogP contribution in [0.2, 0.25) is 0 Å². The third-order valence-corrected chi connectivity index (χ3v) is 5.00. The Labute approximate surface area is 153 Å². The van der Waals surface area contributed by atoms with Crippen molar-refractivity contribution in [3.63, 3.8) is 0 Å². The Balaban J connectivity index is 1.90. The van der Waals surface area contributed by atoms with Crippen LogP contribution in [-0.4, -0.2) is 49.5 Å². The van der Waals surface area contributed by atoms with Gasteiger partial charge in [0.05, 0.1) is 42.6 Å². The van der Waals surface area contributed by atoms with Crippen molar-refractivity contribution in [3.8, 4) is 5.75 Å². The zero-order chi connectivity index (χ0) is 18.8.